The first-order chi connectivity index (χ1) is 8.83. The van der Waals surface area contributed by atoms with Crippen LogP contribution in [0.2, 0.25) is 0 Å². The molecule has 1 heterocycles. The highest BCUT2D eigenvalue weighted by atomic mass is 32.1. The van der Waals surface area contributed by atoms with Crippen molar-refractivity contribution in [2.45, 2.75) is 64.3 Å². The molecule has 102 valence electrons. The predicted octanol–water partition coefficient (Wildman–Crippen LogP) is 4.93. The molecule has 2 rings (SSSR count). The smallest absolute Gasteiger partial charge is 0.0412 e. The van der Waals surface area contributed by atoms with Crippen molar-refractivity contribution in [2.75, 3.05) is 7.05 Å². The summed E-state index contributed by atoms with van der Waals surface area (Å²) >= 11 is 1.99. The van der Waals surface area contributed by atoms with E-state index in [-0.39, 0.29) is 0 Å². The van der Waals surface area contributed by atoms with Crippen LogP contribution in [0.25, 0.3) is 0 Å². The van der Waals surface area contributed by atoms with Gasteiger partial charge in [0, 0.05) is 15.8 Å². The number of rotatable bonds is 6. The van der Waals surface area contributed by atoms with Gasteiger partial charge in [0.05, 0.1) is 0 Å². The lowest BCUT2D eigenvalue weighted by molar-refractivity contribution is 0.318. The summed E-state index contributed by atoms with van der Waals surface area (Å²) in [5, 5.41) is 3.51. The second kappa shape index (κ2) is 7.30. The van der Waals surface area contributed by atoms with Crippen molar-refractivity contribution in [3.05, 3.63) is 21.9 Å². The Morgan fingerprint density at radius 2 is 2.06 bits per heavy atom. The molecule has 18 heavy (non-hydrogen) atoms. The van der Waals surface area contributed by atoms with Crippen molar-refractivity contribution in [3.63, 3.8) is 0 Å². The maximum absolute atomic E-state index is 3.51. The highest BCUT2D eigenvalue weighted by Crippen LogP contribution is 2.32. The molecule has 1 aliphatic rings. The third kappa shape index (κ3) is 3.83. The van der Waals surface area contributed by atoms with E-state index in [1.54, 1.807) is 0 Å². The standard InChI is InChI=1S/C16H27NS/c1-3-14-10-12-16(18-14)15(17-2)11-9-13-7-5-4-6-8-13/h10,12-13,15,17H,3-9,11H2,1-2H3. The van der Waals surface area contributed by atoms with E-state index in [4.69, 9.17) is 0 Å². The van der Waals surface area contributed by atoms with Crippen LogP contribution in [0.4, 0.5) is 0 Å². The molecule has 0 bridgehead atoms. The third-order valence-corrected chi connectivity index (χ3v) is 5.65. The summed E-state index contributed by atoms with van der Waals surface area (Å²) in [4.78, 5) is 3.05. The minimum Gasteiger partial charge on any atom is -0.312 e. The van der Waals surface area contributed by atoms with Gasteiger partial charge in [0.25, 0.3) is 0 Å². The molecule has 1 fully saturated rings. The molecule has 0 saturated heterocycles. The van der Waals surface area contributed by atoms with Crippen molar-refractivity contribution < 1.29 is 0 Å². The largest absolute Gasteiger partial charge is 0.312 e. The summed E-state index contributed by atoms with van der Waals surface area (Å²) in [7, 11) is 2.11. The second-order valence-corrected chi connectivity index (χ2v) is 6.78. The zero-order valence-electron chi connectivity index (χ0n) is 11.9. The van der Waals surface area contributed by atoms with Crippen molar-refractivity contribution in [1.29, 1.82) is 0 Å². The predicted molar refractivity (Wildman–Crippen MR) is 81.3 cm³/mol. The van der Waals surface area contributed by atoms with E-state index in [1.807, 2.05) is 11.3 Å². The summed E-state index contributed by atoms with van der Waals surface area (Å²) in [6.45, 7) is 2.24. The first kappa shape index (κ1) is 14.1. The van der Waals surface area contributed by atoms with Gasteiger partial charge in [-0.15, -0.1) is 11.3 Å². The van der Waals surface area contributed by atoms with E-state index in [0.29, 0.717) is 6.04 Å². The minimum absolute atomic E-state index is 0.581. The van der Waals surface area contributed by atoms with Crippen molar-refractivity contribution in [3.8, 4) is 0 Å². The highest BCUT2D eigenvalue weighted by Gasteiger charge is 2.17. The van der Waals surface area contributed by atoms with Crippen LogP contribution in [0.15, 0.2) is 12.1 Å². The average molecular weight is 265 g/mol. The van der Waals surface area contributed by atoms with Gasteiger partial charge < -0.3 is 5.32 Å². The molecule has 1 aliphatic carbocycles. The lowest BCUT2D eigenvalue weighted by Gasteiger charge is -2.23. The number of thiophene rings is 1. The van der Waals surface area contributed by atoms with Gasteiger partial charge in [-0.1, -0.05) is 39.0 Å². The Bertz CT molecular complexity index is 339. The molecule has 1 atom stereocenters. The van der Waals surface area contributed by atoms with E-state index < -0.39 is 0 Å². The second-order valence-electron chi connectivity index (χ2n) is 5.58. The molecule has 1 aromatic rings. The van der Waals surface area contributed by atoms with E-state index in [0.717, 1.165) is 5.92 Å². The lowest BCUT2D eigenvalue weighted by atomic mass is 9.85. The molecule has 1 aromatic heterocycles. The Balaban J connectivity index is 1.84. The molecule has 1 nitrogen and oxygen atoms in total. The van der Waals surface area contributed by atoms with E-state index >= 15 is 0 Å². The molecule has 2 heteroatoms. The molecular weight excluding hydrogens is 238 g/mol. The van der Waals surface area contributed by atoms with Crippen LogP contribution >= 0.6 is 11.3 Å². The molecule has 0 amide bonds. The van der Waals surface area contributed by atoms with E-state index in [1.165, 1.54) is 61.1 Å². The normalized spacial score (nSPS) is 19.0. The van der Waals surface area contributed by atoms with Gasteiger partial charge in [-0.2, -0.15) is 0 Å². The average Bonchev–Trinajstić information content (AvgIpc) is 2.89. The molecule has 0 spiro atoms. The Labute approximate surface area is 116 Å². The quantitative estimate of drug-likeness (QED) is 0.769. The van der Waals surface area contributed by atoms with Crippen LogP contribution < -0.4 is 5.32 Å². The fraction of sp³-hybridized carbons (Fsp3) is 0.750. The SMILES string of the molecule is CCc1ccc(C(CCC2CCCCC2)NC)s1. The van der Waals surface area contributed by atoms with Crippen LogP contribution in [-0.2, 0) is 6.42 Å². The van der Waals surface area contributed by atoms with Gasteiger partial charge in [0.2, 0.25) is 0 Å². The summed E-state index contributed by atoms with van der Waals surface area (Å²) in [6, 6.07) is 5.20. The molecule has 0 aromatic carbocycles. The number of hydrogen-bond donors (Lipinski definition) is 1. The summed E-state index contributed by atoms with van der Waals surface area (Å²) in [6.07, 6.45) is 11.2. The molecule has 1 N–H and O–H groups in total. The number of aryl methyl sites for hydroxylation is 1. The zero-order valence-corrected chi connectivity index (χ0v) is 12.7. The monoisotopic (exact) mass is 265 g/mol. The summed E-state index contributed by atoms with van der Waals surface area (Å²) < 4.78 is 0. The fourth-order valence-corrected chi connectivity index (χ4v) is 4.18. The van der Waals surface area contributed by atoms with Crippen molar-refractivity contribution in [1.82, 2.24) is 5.32 Å². The maximum atomic E-state index is 3.51. The molecule has 1 unspecified atom stereocenters. The Morgan fingerprint density at radius 3 is 2.67 bits per heavy atom. The first-order valence-corrected chi connectivity index (χ1v) is 8.41. The Hall–Kier alpha value is -0.340. The molecular formula is C16H27NS. The Morgan fingerprint density at radius 1 is 1.28 bits per heavy atom. The first-order valence-electron chi connectivity index (χ1n) is 7.59. The molecule has 0 aliphatic heterocycles. The molecule has 1 saturated carbocycles. The minimum atomic E-state index is 0.581. The number of hydrogen-bond acceptors (Lipinski definition) is 2. The van der Waals surface area contributed by atoms with Crippen molar-refractivity contribution in [2.24, 2.45) is 5.92 Å². The van der Waals surface area contributed by atoms with E-state index in [2.05, 4.69) is 31.4 Å². The van der Waals surface area contributed by atoms with Gasteiger partial charge in [0.15, 0.2) is 0 Å². The van der Waals surface area contributed by atoms with Crippen LogP contribution in [0.1, 0.15) is 67.7 Å². The van der Waals surface area contributed by atoms with Gasteiger partial charge in [-0.3, -0.25) is 0 Å². The van der Waals surface area contributed by atoms with Gasteiger partial charge >= 0.3 is 0 Å². The van der Waals surface area contributed by atoms with Crippen molar-refractivity contribution >= 4 is 11.3 Å². The van der Waals surface area contributed by atoms with Gasteiger partial charge in [-0.25, -0.2) is 0 Å². The summed E-state index contributed by atoms with van der Waals surface area (Å²) in [5.74, 6) is 1.00. The van der Waals surface area contributed by atoms with Crippen LogP contribution in [0.3, 0.4) is 0 Å². The highest BCUT2D eigenvalue weighted by molar-refractivity contribution is 7.12. The summed E-state index contributed by atoms with van der Waals surface area (Å²) in [5.41, 5.74) is 0. The molecule has 0 radical (unpaired) electrons. The third-order valence-electron chi connectivity index (χ3n) is 4.31. The topological polar surface area (TPSA) is 12.0 Å². The lowest BCUT2D eigenvalue weighted by Crippen LogP contribution is -2.17. The zero-order chi connectivity index (χ0) is 12.8. The van der Waals surface area contributed by atoms with Crippen LogP contribution in [0.5, 0.6) is 0 Å². The fourth-order valence-electron chi connectivity index (χ4n) is 3.08. The van der Waals surface area contributed by atoms with Crippen LogP contribution in [-0.4, -0.2) is 7.05 Å². The van der Waals surface area contributed by atoms with E-state index in [9.17, 15) is 0 Å². The Kier molecular flexibility index (Phi) is 5.71. The van der Waals surface area contributed by atoms with Crippen LogP contribution in [0, 0.1) is 5.92 Å². The van der Waals surface area contributed by atoms with Gasteiger partial charge in [0.1, 0.15) is 0 Å². The maximum Gasteiger partial charge on any atom is 0.0412 e. The number of nitrogens with one attached hydrogen (secondary N) is 1. The van der Waals surface area contributed by atoms with Gasteiger partial charge in [-0.05, 0) is 44.4 Å².